The zero-order valence-corrected chi connectivity index (χ0v) is 23.2. The van der Waals surface area contributed by atoms with E-state index in [4.69, 9.17) is 14.2 Å². The smallest absolute Gasteiger partial charge is 0.314 e. The van der Waals surface area contributed by atoms with Gasteiger partial charge in [-0.2, -0.15) is 4.39 Å². The lowest BCUT2D eigenvalue weighted by atomic mass is 9.78. The maximum atomic E-state index is 15.0. The standard InChI is InChI=1S/C32H41F3O4/c1-3-5-19-38-25-14-15-26(28(33)20-25)21-6-8-23(9-7-21)32(36)39-29-17-16-27(30(34)31(29)35)22-10-12-24(13-11-22)37-18-4-2/h14-17,20-24H,3-13,18-19H2,1-2H3. The Hall–Kier alpha value is -2.54. The molecule has 0 spiro atoms. The molecule has 0 radical (unpaired) electrons. The summed E-state index contributed by atoms with van der Waals surface area (Å²) in [4.78, 5) is 12.8. The van der Waals surface area contributed by atoms with Gasteiger partial charge in [0.1, 0.15) is 11.6 Å². The highest BCUT2D eigenvalue weighted by Crippen LogP contribution is 2.40. The van der Waals surface area contributed by atoms with Gasteiger partial charge in [-0.25, -0.2) is 8.78 Å². The second kappa shape index (κ2) is 14.2. The lowest BCUT2D eigenvalue weighted by molar-refractivity contribution is -0.140. The third-order valence-electron chi connectivity index (χ3n) is 8.20. The summed E-state index contributed by atoms with van der Waals surface area (Å²) >= 11 is 0. The maximum Gasteiger partial charge on any atom is 0.314 e. The molecule has 0 heterocycles. The second-order valence-corrected chi connectivity index (χ2v) is 11.0. The third-order valence-corrected chi connectivity index (χ3v) is 8.20. The normalized spacial score (nSPS) is 23.4. The van der Waals surface area contributed by atoms with Crippen LogP contribution in [0.5, 0.6) is 11.5 Å². The molecule has 4 rings (SSSR count). The van der Waals surface area contributed by atoms with Crippen molar-refractivity contribution in [2.45, 2.75) is 102 Å². The molecule has 2 aromatic rings. The van der Waals surface area contributed by atoms with Crippen molar-refractivity contribution in [2.75, 3.05) is 13.2 Å². The fourth-order valence-corrected chi connectivity index (χ4v) is 5.86. The van der Waals surface area contributed by atoms with E-state index in [9.17, 15) is 18.0 Å². The highest BCUT2D eigenvalue weighted by atomic mass is 19.2. The van der Waals surface area contributed by atoms with Gasteiger partial charge in [0.15, 0.2) is 11.6 Å². The predicted molar refractivity (Wildman–Crippen MR) is 145 cm³/mol. The molecular formula is C32H41F3O4. The quantitative estimate of drug-likeness (QED) is 0.161. The van der Waals surface area contributed by atoms with Crippen LogP contribution in [-0.4, -0.2) is 25.3 Å². The molecule has 2 fully saturated rings. The highest BCUT2D eigenvalue weighted by Gasteiger charge is 2.32. The molecule has 4 nitrogen and oxygen atoms in total. The molecule has 0 unspecified atom stereocenters. The summed E-state index contributed by atoms with van der Waals surface area (Å²) < 4.78 is 61.4. The Morgan fingerprint density at radius 3 is 2.13 bits per heavy atom. The molecule has 7 heteroatoms. The average molecular weight is 547 g/mol. The first-order chi connectivity index (χ1) is 18.9. The van der Waals surface area contributed by atoms with Crippen LogP contribution >= 0.6 is 0 Å². The van der Waals surface area contributed by atoms with Crippen molar-refractivity contribution in [1.29, 1.82) is 0 Å². The number of hydrogen-bond donors (Lipinski definition) is 0. The molecule has 2 aromatic carbocycles. The number of hydrogen-bond acceptors (Lipinski definition) is 4. The molecule has 0 aromatic heterocycles. The number of carbonyl (C=O) groups is 1. The predicted octanol–water partition coefficient (Wildman–Crippen LogP) is 8.62. The van der Waals surface area contributed by atoms with Gasteiger partial charge in [0, 0.05) is 12.7 Å². The minimum Gasteiger partial charge on any atom is -0.493 e. The Morgan fingerprint density at radius 2 is 1.46 bits per heavy atom. The largest absolute Gasteiger partial charge is 0.493 e. The van der Waals surface area contributed by atoms with Crippen LogP contribution in [0.25, 0.3) is 0 Å². The summed E-state index contributed by atoms with van der Waals surface area (Å²) in [7, 11) is 0. The minimum absolute atomic E-state index is 0.00494. The first-order valence-electron chi connectivity index (χ1n) is 14.6. The van der Waals surface area contributed by atoms with Crippen molar-refractivity contribution in [3.63, 3.8) is 0 Å². The van der Waals surface area contributed by atoms with E-state index in [1.54, 1.807) is 18.2 Å². The number of unbranched alkanes of at least 4 members (excludes halogenated alkanes) is 1. The van der Waals surface area contributed by atoms with Crippen molar-refractivity contribution in [1.82, 2.24) is 0 Å². The van der Waals surface area contributed by atoms with E-state index in [0.717, 1.165) is 51.6 Å². The first kappa shape index (κ1) is 29.4. The highest BCUT2D eigenvalue weighted by molar-refractivity contribution is 5.75. The molecule has 0 N–H and O–H groups in total. The van der Waals surface area contributed by atoms with Gasteiger partial charge in [-0.15, -0.1) is 0 Å². The molecule has 2 saturated carbocycles. The van der Waals surface area contributed by atoms with E-state index in [1.807, 2.05) is 0 Å². The summed E-state index contributed by atoms with van der Waals surface area (Å²) in [6.07, 6.45) is 8.44. The number of esters is 1. The van der Waals surface area contributed by atoms with E-state index < -0.39 is 23.5 Å². The lowest BCUT2D eigenvalue weighted by Crippen LogP contribution is -2.26. The van der Waals surface area contributed by atoms with Crippen LogP contribution < -0.4 is 9.47 Å². The van der Waals surface area contributed by atoms with Gasteiger partial charge in [0.25, 0.3) is 0 Å². The van der Waals surface area contributed by atoms with Gasteiger partial charge < -0.3 is 14.2 Å². The molecule has 0 bridgehead atoms. The molecule has 0 amide bonds. The van der Waals surface area contributed by atoms with Gasteiger partial charge >= 0.3 is 5.97 Å². The Labute approximate surface area is 230 Å². The van der Waals surface area contributed by atoms with Crippen LogP contribution in [0.3, 0.4) is 0 Å². The molecular weight excluding hydrogens is 505 g/mol. The number of rotatable bonds is 11. The van der Waals surface area contributed by atoms with Gasteiger partial charge in [-0.1, -0.05) is 32.4 Å². The summed E-state index contributed by atoms with van der Waals surface area (Å²) in [6, 6.07) is 7.91. The van der Waals surface area contributed by atoms with Crippen molar-refractivity contribution in [3.05, 3.63) is 58.9 Å². The topological polar surface area (TPSA) is 44.8 Å². The van der Waals surface area contributed by atoms with E-state index in [2.05, 4.69) is 13.8 Å². The van der Waals surface area contributed by atoms with Crippen molar-refractivity contribution in [2.24, 2.45) is 5.92 Å². The third kappa shape index (κ3) is 7.56. The van der Waals surface area contributed by atoms with E-state index in [0.29, 0.717) is 49.2 Å². The molecule has 39 heavy (non-hydrogen) atoms. The van der Waals surface area contributed by atoms with Gasteiger partial charge in [-0.05, 0) is 99.3 Å². The number of ether oxygens (including phenoxy) is 3. The minimum atomic E-state index is -1.11. The number of halogens is 3. The molecule has 2 aliphatic carbocycles. The van der Waals surface area contributed by atoms with Crippen LogP contribution in [-0.2, 0) is 9.53 Å². The van der Waals surface area contributed by atoms with Crippen LogP contribution in [0.4, 0.5) is 13.2 Å². The van der Waals surface area contributed by atoms with Gasteiger partial charge in [-0.3, -0.25) is 4.79 Å². The summed E-state index contributed by atoms with van der Waals surface area (Å²) in [5, 5.41) is 0. The Bertz CT molecular complexity index is 1090. The van der Waals surface area contributed by atoms with Crippen molar-refractivity contribution >= 4 is 5.97 Å². The van der Waals surface area contributed by atoms with E-state index >= 15 is 0 Å². The SMILES string of the molecule is CCCCOc1ccc(C2CCC(C(=O)Oc3ccc(C4CCC(OCCC)CC4)c(F)c3F)CC2)c(F)c1. The molecule has 214 valence electrons. The maximum absolute atomic E-state index is 15.0. The van der Waals surface area contributed by atoms with E-state index in [-0.39, 0.29) is 29.5 Å². The van der Waals surface area contributed by atoms with Gasteiger partial charge in [0.05, 0.1) is 18.6 Å². The summed E-state index contributed by atoms with van der Waals surface area (Å²) in [5.74, 6) is -3.25. The van der Waals surface area contributed by atoms with Crippen LogP contribution in [0, 0.1) is 23.4 Å². The second-order valence-electron chi connectivity index (χ2n) is 11.0. The van der Waals surface area contributed by atoms with Gasteiger partial charge in [0.2, 0.25) is 5.82 Å². The number of benzene rings is 2. The Morgan fingerprint density at radius 1 is 0.795 bits per heavy atom. The lowest BCUT2D eigenvalue weighted by Gasteiger charge is -2.29. The van der Waals surface area contributed by atoms with Crippen LogP contribution in [0.2, 0.25) is 0 Å². The monoisotopic (exact) mass is 546 g/mol. The average Bonchev–Trinajstić information content (AvgIpc) is 2.95. The summed E-state index contributed by atoms with van der Waals surface area (Å²) in [5.41, 5.74) is 0.963. The fraction of sp³-hybridized carbons (Fsp3) is 0.594. The van der Waals surface area contributed by atoms with Crippen molar-refractivity contribution < 1.29 is 32.2 Å². The first-order valence-corrected chi connectivity index (χ1v) is 14.6. The molecule has 0 atom stereocenters. The van der Waals surface area contributed by atoms with Crippen LogP contribution in [0.1, 0.15) is 107 Å². The Kier molecular flexibility index (Phi) is 10.7. The molecule has 0 aliphatic heterocycles. The van der Waals surface area contributed by atoms with Crippen molar-refractivity contribution in [3.8, 4) is 11.5 Å². The fourth-order valence-electron chi connectivity index (χ4n) is 5.86. The summed E-state index contributed by atoms with van der Waals surface area (Å²) in [6.45, 7) is 5.42. The molecule has 2 aliphatic rings. The number of carbonyl (C=O) groups excluding carboxylic acids is 1. The molecule has 0 saturated heterocycles. The van der Waals surface area contributed by atoms with E-state index in [1.165, 1.54) is 12.1 Å². The van der Waals surface area contributed by atoms with Crippen LogP contribution in [0.15, 0.2) is 30.3 Å². The Balaban J connectivity index is 1.29. The zero-order valence-electron chi connectivity index (χ0n) is 23.2. The zero-order chi connectivity index (χ0) is 27.8.